The summed E-state index contributed by atoms with van der Waals surface area (Å²) in [7, 11) is 0. The molecule has 0 aliphatic carbocycles. The molecule has 1 N–H and O–H groups in total. The van der Waals surface area contributed by atoms with Gasteiger partial charge in [0.1, 0.15) is 23.3 Å². The molecular weight excluding hydrogens is 374 g/mol. The first kappa shape index (κ1) is 16.6. The van der Waals surface area contributed by atoms with Crippen molar-refractivity contribution in [1.82, 2.24) is 29.5 Å². The Balaban J connectivity index is 1.37. The first-order valence-electron chi connectivity index (χ1n) is 8.66. The molecule has 0 radical (unpaired) electrons. The molecule has 136 valence electrons. The van der Waals surface area contributed by atoms with Gasteiger partial charge in [0.15, 0.2) is 11.5 Å². The summed E-state index contributed by atoms with van der Waals surface area (Å²) in [5.41, 5.74) is 5.52. The Morgan fingerprint density at radius 3 is 2.68 bits per heavy atom. The number of aromatic nitrogens is 6. The van der Waals surface area contributed by atoms with Gasteiger partial charge in [-0.05, 0) is 53.9 Å². The minimum Gasteiger partial charge on any atom is -0.338 e. The molecule has 0 spiro atoms. The number of halogens is 1. The molecule has 5 aromatic rings. The summed E-state index contributed by atoms with van der Waals surface area (Å²) in [6.07, 6.45) is 5.80. The van der Waals surface area contributed by atoms with E-state index in [1.807, 2.05) is 30.5 Å². The van der Waals surface area contributed by atoms with Gasteiger partial charge in [0.25, 0.3) is 0 Å². The van der Waals surface area contributed by atoms with E-state index >= 15 is 0 Å². The average molecular weight is 388 g/mol. The van der Waals surface area contributed by atoms with E-state index in [1.54, 1.807) is 16.9 Å². The summed E-state index contributed by atoms with van der Waals surface area (Å²) < 4.78 is 1.75. The van der Waals surface area contributed by atoms with Crippen molar-refractivity contribution < 1.29 is 0 Å². The van der Waals surface area contributed by atoms with E-state index in [9.17, 15) is 0 Å². The van der Waals surface area contributed by atoms with Gasteiger partial charge in [-0.1, -0.05) is 23.7 Å². The van der Waals surface area contributed by atoms with Crippen molar-refractivity contribution in [3.63, 3.8) is 0 Å². The van der Waals surface area contributed by atoms with Crippen molar-refractivity contribution in [3.8, 4) is 0 Å². The number of rotatable bonds is 4. The monoisotopic (exact) mass is 387 g/mol. The lowest BCUT2D eigenvalue weighted by Gasteiger charge is -2.09. The number of anilines is 2. The second-order valence-corrected chi connectivity index (χ2v) is 6.71. The highest BCUT2D eigenvalue weighted by atomic mass is 35.5. The van der Waals surface area contributed by atoms with Crippen LogP contribution in [0, 0.1) is 0 Å². The van der Waals surface area contributed by atoms with E-state index in [0.717, 1.165) is 23.3 Å². The predicted molar refractivity (Wildman–Crippen MR) is 108 cm³/mol. The van der Waals surface area contributed by atoms with E-state index in [-0.39, 0.29) is 0 Å². The Labute approximate surface area is 165 Å². The fourth-order valence-corrected chi connectivity index (χ4v) is 3.20. The highest BCUT2D eigenvalue weighted by Gasteiger charge is 2.07. The van der Waals surface area contributed by atoms with Crippen molar-refractivity contribution in [3.05, 3.63) is 83.7 Å². The number of fused-ring (bicyclic) bond motifs is 2. The Kier molecular flexibility index (Phi) is 4.06. The van der Waals surface area contributed by atoms with Crippen LogP contribution in [0.25, 0.3) is 16.7 Å². The first-order valence-corrected chi connectivity index (χ1v) is 9.04. The Hall–Kier alpha value is -3.58. The zero-order valence-electron chi connectivity index (χ0n) is 14.6. The van der Waals surface area contributed by atoms with Gasteiger partial charge in [0, 0.05) is 11.9 Å². The molecule has 5 rings (SSSR count). The highest BCUT2D eigenvalue weighted by Crippen LogP contribution is 2.23. The summed E-state index contributed by atoms with van der Waals surface area (Å²) in [5.74, 6) is 0.623. The van der Waals surface area contributed by atoms with Gasteiger partial charge in [0.2, 0.25) is 0 Å². The third kappa shape index (κ3) is 3.23. The molecule has 8 heteroatoms. The second-order valence-electron chi connectivity index (χ2n) is 6.32. The van der Waals surface area contributed by atoms with Crippen molar-refractivity contribution >= 4 is 39.8 Å². The van der Waals surface area contributed by atoms with Gasteiger partial charge in [-0.3, -0.25) is 0 Å². The SMILES string of the molecule is Clc1ccc2ncnc(Nc3ccc(Cc4ccn5ncnc5c4)cc3)c2n1. The van der Waals surface area contributed by atoms with Crippen LogP contribution in [0.3, 0.4) is 0 Å². The number of hydrogen-bond acceptors (Lipinski definition) is 6. The van der Waals surface area contributed by atoms with Crippen LogP contribution >= 0.6 is 11.6 Å². The summed E-state index contributed by atoms with van der Waals surface area (Å²) in [6.45, 7) is 0. The van der Waals surface area contributed by atoms with Crippen molar-refractivity contribution in [1.29, 1.82) is 0 Å². The first-order chi connectivity index (χ1) is 13.7. The Morgan fingerprint density at radius 2 is 1.79 bits per heavy atom. The molecule has 4 aromatic heterocycles. The molecule has 0 aliphatic heterocycles. The van der Waals surface area contributed by atoms with Crippen LogP contribution in [0.1, 0.15) is 11.1 Å². The van der Waals surface area contributed by atoms with Gasteiger partial charge in [-0.25, -0.2) is 24.5 Å². The summed E-state index contributed by atoms with van der Waals surface area (Å²) in [5, 5.41) is 7.82. The molecule has 7 nitrogen and oxygen atoms in total. The van der Waals surface area contributed by atoms with Crippen LogP contribution < -0.4 is 5.32 Å². The number of pyridine rings is 2. The van der Waals surface area contributed by atoms with Gasteiger partial charge in [-0.15, -0.1) is 0 Å². The lowest BCUT2D eigenvalue weighted by Crippen LogP contribution is -1.98. The Bertz CT molecular complexity index is 1280. The molecule has 28 heavy (non-hydrogen) atoms. The van der Waals surface area contributed by atoms with Crippen LogP contribution in [0.4, 0.5) is 11.5 Å². The van der Waals surface area contributed by atoms with Crippen molar-refractivity contribution in [2.75, 3.05) is 5.32 Å². The van der Waals surface area contributed by atoms with E-state index in [2.05, 4.69) is 48.6 Å². The summed E-state index contributed by atoms with van der Waals surface area (Å²) in [4.78, 5) is 17.1. The van der Waals surface area contributed by atoms with Crippen LogP contribution in [0.5, 0.6) is 0 Å². The second kappa shape index (κ2) is 6.86. The molecule has 0 unspecified atom stereocenters. The maximum Gasteiger partial charge on any atom is 0.160 e. The smallest absolute Gasteiger partial charge is 0.160 e. The normalized spacial score (nSPS) is 11.2. The lowest BCUT2D eigenvalue weighted by molar-refractivity contribution is 0.954. The molecule has 1 aromatic carbocycles. The Morgan fingerprint density at radius 1 is 0.893 bits per heavy atom. The quantitative estimate of drug-likeness (QED) is 0.468. The van der Waals surface area contributed by atoms with E-state index in [4.69, 9.17) is 11.6 Å². The summed E-state index contributed by atoms with van der Waals surface area (Å²) in [6, 6.07) is 15.8. The number of benzene rings is 1. The van der Waals surface area contributed by atoms with E-state index in [0.29, 0.717) is 16.5 Å². The lowest BCUT2D eigenvalue weighted by atomic mass is 10.1. The fraction of sp³-hybridized carbons (Fsp3) is 0.0500. The third-order valence-corrected chi connectivity index (χ3v) is 4.63. The topological polar surface area (TPSA) is 80.9 Å². The zero-order chi connectivity index (χ0) is 18.9. The number of hydrogen-bond donors (Lipinski definition) is 1. The molecule has 0 amide bonds. The minimum atomic E-state index is 0.408. The van der Waals surface area contributed by atoms with Crippen molar-refractivity contribution in [2.24, 2.45) is 0 Å². The van der Waals surface area contributed by atoms with Gasteiger partial charge >= 0.3 is 0 Å². The fourth-order valence-electron chi connectivity index (χ4n) is 3.05. The number of nitrogens with one attached hydrogen (secondary N) is 1. The number of nitrogens with zero attached hydrogens (tertiary/aromatic N) is 6. The predicted octanol–water partition coefficient (Wildman–Crippen LogP) is 4.06. The zero-order valence-corrected chi connectivity index (χ0v) is 15.4. The molecular formula is C20H14ClN7. The van der Waals surface area contributed by atoms with Gasteiger partial charge in [0.05, 0.1) is 5.52 Å². The molecule has 0 fully saturated rings. The van der Waals surface area contributed by atoms with Gasteiger partial charge in [-0.2, -0.15) is 5.10 Å². The standard InChI is InChI=1S/C20H14ClN7/c21-17-6-5-16-19(27-17)20(24-11-22-16)26-15-3-1-13(2-4-15)9-14-7-8-28-18(10-14)23-12-25-28/h1-8,10-12H,9H2,(H,22,24,26). The molecule has 0 saturated heterocycles. The molecule has 4 heterocycles. The highest BCUT2D eigenvalue weighted by molar-refractivity contribution is 6.29. The third-order valence-electron chi connectivity index (χ3n) is 4.42. The van der Waals surface area contributed by atoms with Crippen molar-refractivity contribution in [2.45, 2.75) is 6.42 Å². The van der Waals surface area contributed by atoms with E-state index < -0.39 is 0 Å². The van der Waals surface area contributed by atoms with Crippen LogP contribution in [-0.2, 0) is 6.42 Å². The average Bonchev–Trinajstić information content (AvgIpc) is 3.18. The van der Waals surface area contributed by atoms with Crippen LogP contribution in [0.15, 0.2) is 67.4 Å². The maximum atomic E-state index is 6.02. The van der Waals surface area contributed by atoms with Gasteiger partial charge < -0.3 is 5.32 Å². The molecule has 0 bridgehead atoms. The summed E-state index contributed by atoms with van der Waals surface area (Å²) >= 11 is 6.02. The molecule has 0 atom stereocenters. The van der Waals surface area contributed by atoms with E-state index in [1.165, 1.54) is 17.5 Å². The molecule has 0 saturated carbocycles. The van der Waals surface area contributed by atoms with Crippen LogP contribution in [-0.4, -0.2) is 29.5 Å². The molecule has 0 aliphatic rings. The largest absolute Gasteiger partial charge is 0.338 e. The maximum absolute atomic E-state index is 6.02. The minimum absolute atomic E-state index is 0.408. The van der Waals surface area contributed by atoms with Crippen LogP contribution in [0.2, 0.25) is 5.15 Å².